The molecule has 0 saturated carbocycles. The third-order valence-corrected chi connectivity index (χ3v) is 3.39. The summed E-state index contributed by atoms with van der Waals surface area (Å²) in [6, 6.07) is 3.60. The van der Waals surface area contributed by atoms with Crippen molar-refractivity contribution in [1.29, 1.82) is 0 Å². The Hall–Kier alpha value is -2.41. The quantitative estimate of drug-likeness (QED) is 0.521. The zero-order valence-corrected chi connectivity index (χ0v) is 13.0. The van der Waals surface area contributed by atoms with Crippen LogP contribution in [0.3, 0.4) is 0 Å². The summed E-state index contributed by atoms with van der Waals surface area (Å²) in [7, 11) is 0. The van der Waals surface area contributed by atoms with Crippen molar-refractivity contribution in [3.05, 3.63) is 35.9 Å². The molecule has 2 heterocycles. The first-order valence-electron chi connectivity index (χ1n) is 6.80. The molecule has 2 rings (SSSR count). The van der Waals surface area contributed by atoms with E-state index in [1.54, 1.807) is 43.2 Å². The number of hydrogen-bond donors (Lipinski definition) is 1. The van der Waals surface area contributed by atoms with Gasteiger partial charge in [0.15, 0.2) is 5.15 Å². The van der Waals surface area contributed by atoms with E-state index < -0.39 is 5.91 Å². The molecule has 0 atom stereocenters. The zero-order chi connectivity index (χ0) is 16.1. The van der Waals surface area contributed by atoms with Crippen molar-refractivity contribution in [3.63, 3.8) is 0 Å². The molecular weight excluding hydrogens is 306 g/mol. The minimum atomic E-state index is -0.403. The average Bonchev–Trinajstić information content (AvgIpc) is 2.92. The fourth-order valence-corrected chi connectivity index (χ4v) is 2.22. The van der Waals surface area contributed by atoms with Crippen LogP contribution in [0.2, 0.25) is 5.15 Å². The van der Waals surface area contributed by atoms with Gasteiger partial charge in [0.05, 0.1) is 18.1 Å². The molecule has 0 aromatic carbocycles. The normalized spacial score (nSPS) is 11.5. The van der Waals surface area contributed by atoms with E-state index in [0.717, 1.165) is 5.69 Å². The van der Waals surface area contributed by atoms with E-state index >= 15 is 0 Å². The highest BCUT2D eigenvalue weighted by Gasteiger charge is 2.23. The van der Waals surface area contributed by atoms with Crippen LogP contribution < -0.4 is 4.90 Å². The van der Waals surface area contributed by atoms with Crippen molar-refractivity contribution >= 4 is 28.9 Å². The molecule has 22 heavy (non-hydrogen) atoms. The van der Waals surface area contributed by atoms with Gasteiger partial charge in [-0.05, 0) is 25.5 Å². The van der Waals surface area contributed by atoms with Crippen LogP contribution in [-0.4, -0.2) is 38.1 Å². The first kappa shape index (κ1) is 16.0. The molecule has 0 aliphatic rings. The van der Waals surface area contributed by atoms with Crippen molar-refractivity contribution in [1.82, 2.24) is 14.8 Å². The van der Waals surface area contributed by atoms with Crippen LogP contribution in [0.4, 0.5) is 5.69 Å². The Morgan fingerprint density at radius 3 is 2.82 bits per heavy atom. The number of hydrogen-bond acceptors (Lipinski definition) is 5. The molecule has 0 aliphatic heterocycles. The Bertz CT molecular complexity index is 684. The van der Waals surface area contributed by atoms with E-state index in [2.05, 4.69) is 15.2 Å². The first-order valence-corrected chi connectivity index (χ1v) is 7.18. The summed E-state index contributed by atoms with van der Waals surface area (Å²) >= 11 is 6.15. The summed E-state index contributed by atoms with van der Waals surface area (Å²) in [6.45, 7) is 3.91. The number of carbonyl (C=O) groups is 1. The molecule has 0 unspecified atom stereocenters. The lowest BCUT2D eigenvalue weighted by Gasteiger charge is -2.19. The highest BCUT2D eigenvalue weighted by molar-refractivity contribution is 6.44. The van der Waals surface area contributed by atoms with Gasteiger partial charge in [-0.15, -0.1) is 0 Å². The summed E-state index contributed by atoms with van der Waals surface area (Å²) < 4.78 is 1.54. The molecule has 2 aromatic heterocycles. The van der Waals surface area contributed by atoms with Gasteiger partial charge in [0.25, 0.3) is 5.91 Å². The van der Waals surface area contributed by atoms with Gasteiger partial charge in [-0.2, -0.15) is 5.10 Å². The summed E-state index contributed by atoms with van der Waals surface area (Å²) in [4.78, 5) is 17.8. The van der Waals surface area contributed by atoms with Gasteiger partial charge in [-0.1, -0.05) is 23.7 Å². The Morgan fingerprint density at radius 2 is 2.27 bits per heavy atom. The number of halogens is 1. The molecule has 116 valence electrons. The highest BCUT2D eigenvalue weighted by Crippen LogP contribution is 2.26. The monoisotopic (exact) mass is 321 g/mol. The predicted molar refractivity (Wildman–Crippen MR) is 83.9 cm³/mol. The fourth-order valence-electron chi connectivity index (χ4n) is 1.99. The van der Waals surface area contributed by atoms with Gasteiger partial charge in [0.2, 0.25) is 0 Å². The second-order valence-corrected chi connectivity index (χ2v) is 4.77. The summed E-state index contributed by atoms with van der Waals surface area (Å²) in [5.41, 5.74) is 1.24. The maximum Gasteiger partial charge on any atom is 0.276 e. The van der Waals surface area contributed by atoms with E-state index in [1.807, 2.05) is 6.07 Å². The van der Waals surface area contributed by atoms with Crippen molar-refractivity contribution in [3.8, 4) is 5.69 Å². The maximum atomic E-state index is 12.4. The SMILES string of the molecule is CC/C(=N\O)C(=O)N(CC)c1cn(-c2cccnc2)nc1Cl. The van der Waals surface area contributed by atoms with E-state index in [4.69, 9.17) is 16.8 Å². The molecule has 8 heteroatoms. The Kier molecular flexibility index (Phi) is 5.11. The molecule has 0 fully saturated rings. The lowest BCUT2D eigenvalue weighted by atomic mass is 10.2. The Morgan fingerprint density at radius 1 is 1.50 bits per heavy atom. The third kappa shape index (κ3) is 3.09. The van der Waals surface area contributed by atoms with Crippen molar-refractivity contribution in [2.24, 2.45) is 5.16 Å². The minimum absolute atomic E-state index is 0.0621. The van der Waals surface area contributed by atoms with Gasteiger partial charge in [-0.3, -0.25) is 9.78 Å². The summed E-state index contributed by atoms with van der Waals surface area (Å²) in [5, 5.41) is 16.3. The standard InChI is InChI=1S/C14H16ClN5O2/c1-3-11(18-22)14(21)19(4-2)12-9-20(17-13(12)15)10-6-5-7-16-8-10/h5-9,22H,3-4H2,1-2H3/b18-11+. The zero-order valence-electron chi connectivity index (χ0n) is 12.3. The van der Waals surface area contributed by atoms with Gasteiger partial charge in [-0.25, -0.2) is 4.68 Å². The first-order chi connectivity index (χ1) is 10.6. The molecular formula is C14H16ClN5O2. The van der Waals surface area contributed by atoms with E-state index in [9.17, 15) is 4.79 Å². The van der Waals surface area contributed by atoms with Crippen LogP contribution >= 0.6 is 11.6 Å². The third-order valence-electron chi connectivity index (χ3n) is 3.12. The second-order valence-electron chi connectivity index (χ2n) is 4.41. The van der Waals surface area contributed by atoms with Crippen molar-refractivity contribution < 1.29 is 10.0 Å². The van der Waals surface area contributed by atoms with Crippen LogP contribution in [0.1, 0.15) is 20.3 Å². The minimum Gasteiger partial charge on any atom is -0.410 e. The van der Waals surface area contributed by atoms with Gasteiger partial charge in [0, 0.05) is 12.7 Å². The maximum absolute atomic E-state index is 12.4. The largest absolute Gasteiger partial charge is 0.410 e. The lowest BCUT2D eigenvalue weighted by molar-refractivity contribution is -0.112. The summed E-state index contributed by atoms with van der Waals surface area (Å²) in [6.07, 6.45) is 5.26. The smallest absolute Gasteiger partial charge is 0.276 e. The molecule has 0 aliphatic carbocycles. The molecule has 1 amide bonds. The molecule has 0 radical (unpaired) electrons. The number of rotatable bonds is 5. The predicted octanol–water partition coefficient (Wildman–Crippen LogP) is 2.51. The number of anilines is 1. The molecule has 2 aromatic rings. The fraction of sp³-hybridized carbons (Fsp3) is 0.286. The highest BCUT2D eigenvalue weighted by atomic mass is 35.5. The van der Waals surface area contributed by atoms with E-state index in [1.165, 1.54) is 4.90 Å². The van der Waals surface area contributed by atoms with Crippen LogP contribution in [0, 0.1) is 0 Å². The number of oxime groups is 1. The number of carbonyl (C=O) groups excluding carboxylic acids is 1. The molecule has 0 spiro atoms. The van der Waals surface area contributed by atoms with Crippen LogP contribution in [0.25, 0.3) is 5.69 Å². The van der Waals surface area contributed by atoms with Crippen molar-refractivity contribution in [2.75, 3.05) is 11.4 Å². The number of aromatic nitrogens is 3. The molecule has 1 N–H and O–H groups in total. The van der Waals surface area contributed by atoms with Gasteiger partial charge in [0.1, 0.15) is 11.4 Å². The molecule has 0 bridgehead atoms. The summed E-state index contributed by atoms with van der Waals surface area (Å²) in [5.74, 6) is -0.403. The number of pyridine rings is 1. The van der Waals surface area contributed by atoms with Crippen LogP contribution in [-0.2, 0) is 4.79 Å². The number of nitrogens with zero attached hydrogens (tertiary/aromatic N) is 5. The Balaban J connectivity index is 2.39. The average molecular weight is 322 g/mol. The van der Waals surface area contributed by atoms with Gasteiger partial charge >= 0.3 is 0 Å². The topological polar surface area (TPSA) is 83.6 Å². The van der Waals surface area contributed by atoms with Crippen LogP contribution in [0.5, 0.6) is 0 Å². The van der Waals surface area contributed by atoms with Crippen molar-refractivity contribution in [2.45, 2.75) is 20.3 Å². The molecule has 7 nitrogen and oxygen atoms in total. The van der Waals surface area contributed by atoms with E-state index in [0.29, 0.717) is 18.7 Å². The lowest BCUT2D eigenvalue weighted by Crippen LogP contribution is -2.36. The van der Waals surface area contributed by atoms with E-state index in [-0.39, 0.29) is 10.9 Å². The number of amides is 1. The second kappa shape index (κ2) is 7.04. The van der Waals surface area contributed by atoms with Gasteiger partial charge < -0.3 is 10.1 Å². The Labute approximate surface area is 132 Å². The molecule has 0 saturated heterocycles. The van der Waals surface area contributed by atoms with Crippen LogP contribution in [0.15, 0.2) is 35.9 Å².